The Balaban J connectivity index is 2.10. The minimum absolute atomic E-state index is 0.826. The van der Waals surface area contributed by atoms with Gasteiger partial charge in [0.25, 0.3) is 0 Å². The number of hydrogen-bond donors (Lipinski definition) is 0. The number of rotatable bonds is 3. The average Bonchev–Trinajstić information content (AvgIpc) is 2.55. The van der Waals surface area contributed by atoms with Crippen molar-refractivity contribution in [2.45, 2.75) is 52.4 Å². The molecule has 1 rings (SSSR count). The highest BCUT2D eigenvalue weighted by Crippen LogP contribution is 2.16. The van der Waals surface area contributed by atoms with Gasteiger partial charge in [-0.15, -0.1) is 0 Å². The Bertz CT molecular complexity index is 222. The van der Waals surface area contributed by atoms with E-state index in [0.29, 0.717) is 0 Å². The number of allylic oxidation sites excluding steroid dienone is 2. The Kier molecular flexibility index (Phi) is 4.68. The molecule has 0 radical (unpaired) electrons. The summed E-state index contributed by atoms with van der Waals surface area (Å²) in [5.41, 5.74) is 1.38. The normalized spacial score (nSPS) is 15.5. The lowest BCUT2D eigenvalue weighted by molar-refractivity contribution is 0.563. The molecule has 0 heterocycles. The van der Waals surface area contributed by atoms with E-state index in [1.165, 1.54) is 37.7 Å². The second-order valence-corrected chi connectivity index (χ2v) is 4.21. The first-order chi connectivity index (χ1) is 6.29. The zero-order valence-electron chi connectivity index (χ0n) is 8.90. The fourth-order valence-electron chi connectivity index (χ4n) is 1.56. The fraction of sp³-hybridized carbons (Fsp3) is 0.692. The zero-order chi connectivity index (χ0) is 9.52. The van der Waals surface area contributed by atoms with Gasteiger partial charge in [0.2, 0.25) is 0 Å². The summed E-state index contributed by atoms with van der Waals surface area (Å²) in [5.74, 6) is 7.36. The van der Waals surface area contributed by atoms with Gasteiger partial charge >= 0.3 is 0 Å². The van der Waals surface area contributed by atoms with Crippen molar-refractivity contribution in [2.75, 3.05) is 0 Å². The lowest BCUT2D eigenvalue weighted by atomic mass is 10.1. The van der Waals surface area contributed by atoms with Crippen molar-refractivity contribution >= 4 is 0 Å². The molecule has 0 heteroatoms. The Morgan fingerprint density at radius 2 is 2.31 bits per heavy atom. The molecule has 13 heavy (non-hydrogen) atoms. The second-order valence-electron chi connectivity index (χ2n) is 4.21. The highest BCUT2D eigenvalue weighted by atomic mass is 14.0. The van der Waals surface area contributed by atoms with Crippen molar-refractivity contribution in [3.8, 4) is 11.8 Å². The van der Waals surface area contributed by atoms with Crippen LogP contribution in [-0.4, -0.2) is 0 Å². The van der Waals surface area contributed by atoms with Crippen molar-refractivity contribution in [3.05, 3.63) is 11.6 Å². The SMILES string of the molecule is CC(C)CCCC#CC1=CCCC1. The van der Waals surface area contributed by atoms with Gasteiger partial charge in [-0.2, -0.15) is 0 Å². The molecule has 0 bridgehead atoms. The Labute approximate surface area is 82.4 Å². The van der Waals surface area contributed by atoms with Gasteiger partial charge < -0.3 is 0 Å². The van der Waals surface area contributed by atoms with Gasteiger partial charge in [-0.3, -0.25) is 0 Å². The minimum atomic E-state index is 0.826. The van der Waals surface area contributed by atoms with Gasteiger partial charge in [0.05, 0.1) is 0 Å². The molecule has 0 atom stereocenters. The molecule has 0 fully saturated rings. The molecular formula is C13H20. The first-order valence-electron chi connectivity index (χ1n) is 5.47. The van der Waals surface area contributed by atoms with Crippen LogP contribution in [-0.2, 0) is 0 Å². The third-order valence-electron chi connectivity index (χ3n) is 2.37. The van der Waals surface area contributed by atoms with Gasteiger partial charge in [0.1, 0.15) is 0 Å². The topological polar surface area (TPSA) is 0 Å². The predicted molar refractivity (Wildman–Crippen MR) is 58.4 cm³/mol. The lowest BCUT2D eigenvalue weighted by Crippen LogP contribution is -1.85. The predicted octanol–water partition coefficient (Wildman–Crippen LogP) is 3.93. The number of unbranched alkanes of at least 4 members (excludes halogenated alkanes) is 1. The molecule has 1 aliphatic rings. The van der Waals surface area contributed by atoms with E-state index in [4.69, 9.17) is 0 Å². The minimum Gasteiger partial charge on any atom is -0.0982 e. The van der Waals surface area contributed by atoms with E-state index in [2.05, 4.69) is 31.8 Å². The smallest absolute Gasteiger partial charge is 0.00924 e. The molecular weight excluding hydrogens is 156 g/mol. The quantitative estimate of drug-likeness (QED) is 0.451. The van der Waals surface area contributed by atoms with Crippen LogP contribution >= 0.6 is 0 Å². The van der Waals surface area contributed by atoms with E-state index >= 15 is 0 Å². The maximum absolute atomic E-state index is 3.27. The van der Waals surface area contributed by atoms with Crippen LogP contribution in [0.15, 0.2) is 11.6 Å². The van der Waals surface area contributed by atoms with Crippen LogP contribution in [0.5, 0.6) is 0 Å². The number of hydrogen-bond acceptors (Lipinski definition) is 0. The Hall–Kier alpha value is -0.700. The van der Waals surface area contributed by atoms with E-state index in [-0.39, 0.29) is 0 Å². The molecule has 0 amide bonds. The molecule has 0 aromatic heterocycles. The summed E-state index contributed by atoms with van der Waals surface area (Å²) in [5, 5.41) is 0. The van der Waals surface area contributed by atoms with Crippen LogP contribution < -0.4 is 0 Å². The van der Waals surface area contributed by atoms with E-state index in [1.54, 1.807) is 0 Å². The van der Waals surface area contributed by atoms with Crippen molar-refractivity contribution < 1.29 is 0 Å². The largest absolute Gasteiger partial charge is 0.0982 e. The summed E-state index contributed by atoms with van der Waals surface area (Å²) in [6.07, 6.45) is 9.72. The Morgan fingerprint density at radius 1 is 1.46 bits per heavy atom. The molecule has 0 nitrogen and oxygen atoms in total. The summed E-state index contributed by atoms with van der Waals surface area (Å²) >= 11 is 0. The third-order valence-corrected chi connectivity index (χ3v) is 2.37. The van der Waals surface area contributed by atoms with Gasteiger partial charge in [-0.05, 0) is 37.2 Å². The summed E-state index contributed by atoms with van der Waals surface area (Å²) < 4.78 is 0. The van der Waals surface area contributed by atoms with Crippen LogP contribution in [0.3, 0.4) is 0 Å². The van der Waals surface area contributed by atoms with Crippen LogP contribution in [0, 0.1) is 17.8 Å². The van der Waals surface area contributed by atoms with Crippen molar-refractivity contribution in [2.24, 2.45) is 5.92 Å². The molecule has 0 saturated heterocycles. The summed E-state index contributed by atoms with van der Waals surface area (Å²) in [6.45, 7) is 4.54. The summed E-state index contributed by atoms with van der Waals surface area (Å²) in [7, 11) is 0. The van der Waals surface area contributed by atoms with E-state index < -0.39 is 0 Å². The average molecular weight is 176 g/mol. The first-order valence-corrected chi connectivity index (χ1v) is 5.47. The second kappa shape index (κ2) is 5.86. The van der Waals surface area contributed by atoms with Crippen LogP contribution in [0.2, 0.25) is 0 Å². The summed E-state index contributed by atoms with van der Waals surface area (Å²) in [6, 6.07) is 0. The molecule has 0 saturated carbocycles. The summed E-state index contributed by atoms with van der Waals surface area (Å²) in [4.78, 5) is 0. The van der Waals surface area contributed by atoms with Crippen molar-refractivity contribution in [1.82, 2.24) is 0 Å². The monoisotopic (exact) mass is 176 g/mol. The van der Waals surface area contributed by atoms with Gasteiger partial charge in [-0.1, -0.05) is 38.2 Å². The standard InChI is InChI=1S/C13H20/c1-12(2)8-4-3-5-9-13-10-6-7-11-13/h10,12H,3-4,6-8,11H2,1-2H3. The molecule has 0 spiro atoms. The first kappa shape index (κ1) is 10.4. The van der Waals surface area contributed by atoms with Crippen LogP contribution in [0.4, 0.5) is 0 Å². The lowest BCUT2D eigenvalue weighted by Gasteiger charge is -1.99. The molecule has 0 aromatic carbocycles. The molecule has 72 valence electrons. The van der Waals surface area contributed by atoms with E-state index in [0.717, 1.165) is 12.3 Å². The maximum atomic E-state index is 3.27. The maximum Gasteiger partial charge on any atom is 0.00924 e. The van der Waals surface area contributed by atoms with Gasteiger partial charge in [0, 0.05) is 6.42 Å². The molecule has 0 aromatic rings. The molecule has 0 unspecified atom stereocenters. The van der Waals surface area contributed by atoms with Crippen LogP contribution in [0.25, 0.3) is 0 Å². The highest BCUT2D eigenvalue weighted by molar-refractivity contribution is 5.30. The third kappa shape index (κ3) is 4.78. The molecule has 0 aliphatic heterocycles. The van der Waals surface area contributed by atoms with Crippen molar-refractivity contribution in [1.29, 1.82) is 0 Å². The van der Waals surface area contributed by atoms with E-state index in [1.807, 2.05) is 0 Å². The van der Waals surface area contributed by atoms with Crippen molar-refractivity contribution in [3.63, 3.8) is 0 Å². The zero-order valence-corrected chi connectivity index (χ0v) is 8.90. The highest BCUT2D eigenvalue weighted by Gasteiger charge is 1.99. The Morgan fingerprint density at radius 3 is 2.92 bits per heavy atom. The fourth-order valence-corrected chi connectivity index (χ4v) is 1.56. The molecule has 1 aliphatic carbocycles. The van der Waals surface area contributed by atoms with Gasteiger partial charge in [-0.25, -0.2) is 0 Å². The van der Waals surface area contributed by atoms with Crippen LogP contribution in [0.1, 0.15) is 52.4 Å². The van der Waals surface area contributed by atoms with Gasteiger partial charge in [0.15, 0.2) is 0 Å². The molecule has 0 N–H and O–H groups in total. The van der Waals surface area contributed by atoms with E-state index in [9.17, 15) is 0 Å².